The largest absolute Gasteiger partial charge is 0.507 e. The lowest BCUT2D eigenvalue weighted by Gasteiger charge is -2.10. The number of ether oxygens (including phenoxy) is 2. The number of benzene rings is 2. The first-order valence-electron chi connectivity index (χ1n) is 7.04. The van der Waals surface area contributed by atoms with Gasteiger partial charge in [0.25, 0.3) is 0 Å². The standard InChI is InChI=1S/C18H16O4/c1-21-18-13(7-8-17-14(18)9-10-22-17)16(20)11-15(19)12-5-3-2-4-6-12/h2-8,11,19H,9-10H2,1H3/b15-11-. The molecule has 0 aromatic heterocycles. The summed E-state index contributed by atoms with van der Waals surface area (Å²) in [7, 11) is 1.53. The molecule has 22 heavy (non-hydrogen) atoms. The Bertz CT molecular complexity index is 732. The summed E-state index contributed by atoms with van der Waals surface area (Å²) in [6.07, 6.45) is 1.93. The molecule has 0 radical (unpaired) electrons. The van der Waals surface area contributed by atoms with E-state index in [-0.39, 0.29) is 11.5 Å². The van der Waals surface area contributed by atoms with Crippen molar-refractivity contribution in [2.75, 3.05) is 13.7 Å². The minimum absolute atomic E-state index is 0.0654. The number of fused-ring (bicyclic) bond motifs is 1. The van der Waals surface area contributed by atoms with Gasteiger partial charge in [0.05, 0.1) is 19.3 Å². The van der Waals surface area contributed by atoms with Crippen LogP contribution >= 0.6 is 0 Å². The highest BCUT2D eigenvalue weighted by molar-refractivity contribution is 6.10. The van der Waals surface area contributed by atoms with Gasteiger partial charge >= 0.3 is 0 Å². The van der Waals surface area contributed by atoms with Crippen LogP contribution in [0.15, 0.2) is 48.5 Å². The van der Waals surface area contributed by atoms with Gasteiger partial charge in [0.2, 0.25) is 0 Å². The molecule has 0 spiro atoms. The van der Waals surface area contributed by atoms with E-state index in [2.05, 4.69) is 0 Å². The molecule has 0 amide bonds. The molecule has 2 aromatic rings. The molecule has 0 atom stereocenters. The van der Waals surface area contributed by atoms with Gasteiger partial charge in [-0.25, -0.2) is 0 Å². The summed E-state index contributed by atoms with van der Waals surface area (Å²) >= 11 is 0. The van der Waals surface area contributed by atoms with Crippen LogP contribution in [-0.4, -0.2) is 24.6 Å². The van der Waals surface area contributed by atoms with Crippen LogP contribution in [0, 0.1) is 0 Å². The second-order valence-corrected chi connectivity index (χ2v) is 4.98. The predicted molar refractivity (Wildman–Crippen MR) is 83.6 cm³/mol. The number of carbonyl (C=O) groups excluding carboxylic acids is 1. The number of aliphatic hydroxyl groups excluding tert-OH is 1. The third-order valence-electron chi connectivity index (χ3n) is 3.63. The Kier molecular flexibility index (Phi) is 3.83. The third-order valence-corrected chi connectivity index (χ3v) is 3.63. The molecular formula is C18H16O4. The van der Waals surface area contributed by atoms with Gasteiger partial charge in [-0.15, -0.1) is 0 Å². The fourth-order valence-corrected chi connectivity index (χ4v) is 2.57. The highest BCUT2D eigenvalue weighted by atomic mass is 16.5. The first-order valence-corrected chi connectivity index (χ1v) is 7.04. The van der Waals surface area contributed by atoms with E-state index in [1.165, 1.54) is 13.2 Å². The summed E-state index contributed by atoms with van der Waals surface area (Å²) in [5.74, 6) is 0.916. The van der Waals surface area contributed by atoms with Crippen molar-refractivity contribution in [3.63, 3.8) is 0 Å². The molecule has 1 heterocycles. The number of allylic oxidation sites excluding steroid dienone is 1. The zero-order valence-corrected chi connectivity index (χ0v) is 12.2. The number of methoxy groups -OCH3 is 1. The van der Waals surface area contributed by atoms with Crippen LogP contribution in [0.3, 0.4) is 0 Å². The van der Waals surface area contributed by atoms with Crippen LogP contribution in [-0.2, 0) is 6.42 Å². The Labute approximate surface area is 128 Å². The maximum Gasteiger partial charge on any atom is 0.193 e. The van der Waals surface area contributed by atoms with E-state index in [1.807, 2.05) is 6.07 Å². The zero-order chi connectivity index (χ0) is 15.5. The second-order valence-electron chi connectivity index (χ2n) is 4.98. The summed E-state index contributed by atoms with van der Waals surface area (Å²) < 4.78 is 10.9. The molecule has 1 aliphatic rings. The Morgan fingerprint density at radius 3 is 2.73 bits per heavy atom. The summed E-state index contributed by atoms with van der Waals surface area (Å²) in [6.45, 7) is 0.592. The summed E-state index contributed by atoms with van der Waals surface area (Å²) in [5.41, 5.74) is 1.93. The Balaban J connectivity index is 1.96. The Morgan fingerprint density at radius 1 is 1.23 bits per heavy atom. The fourth-order valence-electron chi connectivity index (χ4n) is 2.57. The minimum atomic E-state index is -0.298. The lowest BCUT2D eigenvalue weighted by Crippen LogP contribution is -2.02. The molecule has 0 aliphatic carbocycles. The molecule has 112 valence electrons. The Hall–Kier alpha value is -2.75. The first kappa shape index (κ1) is 14.2. The van der Waals surface area contributed by atoms with Crippen molar-refractivity contribution in [2.24, 2.45) is 0 Å². The molecule has 0 bridgehead atoms. The van der Waals surface area contributed by atoms with Crippen molar-refractivity contribution in [3.05, 3.63) is 65.2 Å². The van der Waals surface area contributed by atoms with Crippen LogP contribution in [0.5, 0.6) is 11.5 Å². The quantitative estimate of drug-likeness (QED) is 0.533. The number of hydrogen-bond acceptors (Lipinski definition) is 4. The van der Waals surface area contributed by atoms with Gasteiger partial charge in [0.15, 0.2) is 5.78 Å². The highest BCUT2D eigenvalue weighted by Gasteiger charge is 2.22. The van der Waals surface area contributed by atoms with E-state index in [0.717, 1.165) is 11.3 Å². The van der Waals surface area contributed by atoms with Gasteiger partial charge in [-0.3, -0.25) is 4.79 Å². The molecule has 2 aromatic carbocycles. The summed E-state index contributed by atoms with van der Waals surface area (Å²) in [4.78, 5) is 12.5. The predicted octanol–water partition coefficient (Wildman–Crippen LogP) is 3.41. The number of ketones is 1. The average Bonchev–Trinajstić information content (AvgIpc) is 3.03. The molecule has 0 unspecified atom stereocenters. The smallest absolute Gasteiger partial charge is 0.193 e. The van der Waals surface area contributed by atoms with Crippen molar-refractivity contribution in [1.82, 2.24) is 0 Å². The van der Waals surface area contributed by atoms with Crippen molar-refractivity contribution >= 4 is 11.5 Å². The number of hydrogen-bond donors (Lipinski definition) is 1. The molecule has 3 rings (SSSR count). The molecule has 0 saturated carbocycles. The van der Waals surface area contributed by atoms with Crippen molar-refractivity contribution in [2.45, 2.75) is 6.42 Å². The minimum Gasteiger partial charge on any atom is -0.507 e. The van der Waals surface area contributed by atoms with Gasteiger partial charge in [0.1, 0.15) is 17.3 Å². The monoisotopic (exact) mass is 296 g/mol. The molecular weight excluding hydrogens is 280 g/mol. The SMILES string of the molecule is COc1c(C(=O)/C=C(\O)c2ccccc2)ccc2c1CCO2. The average molecular weight is 296 g/mol. The second kappa shape index (κ2) is 5.93. The van der Waals surface area contributed by atoms with Crippen LogP contribution in [0.25, 0.3) is 5.76 Å². The highest BCUT2D eigenvalue weighted by Crippen LogP contribution is 2.36. The number of aliphatic hydroxyl groups is 1. The van der Waals surface area contributed by atoms with E-state index in [9.17, 15) is 9.90 Å². The summed E-state index contributed by atoms with van der Waals surface area (Å²) in [6, 6.07) is 12.4. The van der Waals surface area contributed by atoms with Crippen LogP contribution in [0.2, 0.25) is 0 Å². The van der Waals surface area contributed by atoms with Crippen LogP contribution < -0.4 is 9.47 Å². The van der Waals surface area contributed by atoms with Crippen LogP contribution in [0.1, 0.15) is 21.5 Å². The van der Waals surface area contributed by atoms with Gasteiger partial charge in [-0.05, 0) is 12.1 Å². The van der Waals surface area contributed by atoms with Crippen LogP contribution in [0.4, 0.5) is 0 Å². The molecule has 0 fully saturated rings. The Morgan fingerprint density at radius 2 is 2.00 bits per heavy atom. The third kappa shape index (κ3) is 2.55. The normalized spacial score (nSPS) is 13.4. The van der Waals surface area contributed by atoms with E-state index < -0.39 is 0 Å². The van der Waals surface area contributed by atoms with Crippen molar-refractivity contribution in [1.29, 1.82) is 0 Å². The lowest BCUT2D eigenvalue weighted by molar-refractivity contribution is 0.104. The number of carbonyl (C=O) groups is 1. The maximum absolute atomic E-state index is 12.5. The fraction of sp³-hybridized carbons (Fsp3) is 0.167. The number of rotatable bonds is 4. The van der Waals surface area contributed by atoms with Crippen molar-refractivity contribution < 1.29 is 19.4 Å². The zero-order valence-electron chi connectivity index (χ0n) is 12.2. The van der Waals surface area contributed by atoms with Crippen molar-refractivity contribution in [3.8, 4) is 11.5 Å². The van der Waals surface area contributed by atoms with Gasteiger partial charge in [-0.1, -0.05) is 30.3 Å². The molecule has 4 nitrogen and oxygen atoms in total. The van der Waals surface area contributed by atoms with E-state index in [4.69, 9.17) is 9.47 Å². The van der Waals surface area contributed by atoms with Gasteiger partial charge in [0, 0.05) is 23.6 Å². The van der Waals surface area contributed by atoms with E-state index in [1.54, 1.807) is 36.4 Å². The van der Waals surface area contributed by atoms with E-state index in [0.29, 0.717) is 29.9 Å². The van der Waals surface area contributed by atoms with E-state index >= 15 is 0 Å². The lowest BCUT2D eigenvalue weighted by atomic mass is 10.0. The topological polar surface area (TPSA) is 55.8 Å². The van der Waals surface area contributed by atoms with Gasteiger partial charge < -0.3 is 14.6 Å². The first-order chi connectivity index (χ1) is 10.7. The molecule has 1 N–H and O–H groups in total. The molecule has 0 saturated heterocycles. The van der Waals surface area contributed by atoms with Gasteiger partial charge in [-0.2, -0.15) is 0 Å². The molecule has 4 heteroatoms. The molecule has 1 aliphatic heterocycles. The maximum atomic E-state index is 12.5. The summed E-state index contributed by atoms with van der Waals surface area (Å²) in [5, 5.41) is 10.1.